The Bertz CT molecular complexity index is 830. The van der Waals surface area contributed by atoms with Gasteiger partial charge in [0.15, 0.2) is 0 Å². The minimum atomic E-state index is 0.755. The molecule has 3 aromatic rings. The molecule has 3 rings (SSSR count). The SMILES string of the molecule is CC.CCCOc1ccc(/C(=C(/CC)c2ccccc2)c2ccccc2)cc1. The molecule has 0 aliphatic carbocycles. The smallest absolute Gasteiger partial charge is 0.119 e. The van der Waals surface area contributed by atoms with Gasteiger partial charge in [-0.25, -0.2) is 0 Å². The van der Waals surface area contributed by atoms with E-state index < -0.39 is 0 Å². The zero-order valence-electron chi connectivity index (χ0n) is 17.6. The second kappa shape index (κ2) is 11.8. The minimum absolute atomic E-state index is 0.755. The van der Waals surface area contributed by atoms with Gasteiger partial charge in [-0.15, -0.1) is 0 Å². The Morgan fingerprint density at radius 3 is 1.64 bits per heavy atom. The van der Waals surface area contributed by atoms with Crippen molar-refractivity contribution in [1.82, 2.24) is 0 Å². The summed E-state index contributed by atoms with van der Waals surface area (Å²) < 4.78 is 5.75. The molecule has 0 unspecified atom stereocenters. The van der Waals surface area contributed by atoms with E-state index >= 15 is 0 Å². The molecule has 28 heavy (non-hydrogen) atoms. The van der Waals surface area contributed by atoms with Crippen molar-refractivity contribution in [3.63, 3.8) is 0 Å². The lowest BCUT2D eigenvalue weighted by molar-refractivity contribution is 0.317. The van der Waals surface area contributed by atoms with Gasteiger partial charge in [-0.3, -0.25) is 0 Å². The van der Waals surface area contributed by atoms with Gasteiger partial charge in [0.1, 0.15) is 5.75 Å². The van der Waals surface area contributed by atoms with Gasteiger partial charge in [0.2, 0.25) is 0 Å². The molecule has 0 radical (unpaired) electrons. The van der Waals surface area contributed by atoms with Gasteiger partial charge in [-0.2, -0.15) is 0 Å². The van der Waals surface area contributed by atoms with Crippen molar-refractivity contribution in [2.75, 3.05) is 6.61 Å². The van der Waals surface area contributed by atoms with E-state index in [4.69, 9.17) is 4.74 Å². The van der Waals surface area contributed by atoms with Gasteiger partial charge in [-0.1, -0.05) is 100 Å². The van der Waals surface area contributed by atoms with Gasteiger partial charge in [0, 0.05) is 0 Å². The van der Waals surface area contributed by atoms with Gasteiger partial charge in [0.05, 0.1) is 6.61 Å². The van der Waals surface area contributed by atoms with Crippen molar-refractivity contribution in [2.45, 2.75) is 40.5 Å². The lowest BCUT2D eigenvalue weighted by Gasteiger charge is -2.16. The van der Waals surface area contributed by atoms with Crippen LogP contribution in [-0.4, -0.2) is 6.61 Å². The molecule has 0 aliphatic rings. The van der Waals surface area contributed by atoms with E-state index in [0.717, 1.165) is 25.2 Å². The number of hydrogen-bond donors (Lipinski definition) is 0. The van der Waals surface area contributed by atoms with Crippen molar-refractivity contribution >= 4 is 11.1 Å². The molecule has 0 fully saturated rings. The zero-order chi connectivity index (χ0) is 20.2. The lowest BCUT2D eigenvalue weighted by atomic mass is 9.88. The molecule has 1 heteroatoms. The maximum atomic E-state index is 5.75. The summed E-state index contributed by atoms with van der Waals surface area (Å²) in [5.41, 5.74) is 6.40. The van der Waals surface area contributed by atoms with Crippen molar-refractivity contribution in [3.05, 3.63) is 102 Å². The standard InChI is InChI=1S/C25H26O.C2H6/c1-3-19-26-23-17-15-22(16-18-23)25(21-13-9-6-10-14-21)24(4-2)20-11-7-5-8-12-20;1-2/h5-18H,3-4,19H2,1-2H3;1-2H3/b25-24-;. The third-order valence-electron chi connectivity index (χ3n) is 4.46. The Hall–Kier alpha value is -2.80. The minimum Gasteiger partial charge on any atom is -0.494 e. The van der Waals surface area contributed by atoms with Crippen LogP contribution in [-0.2, 0) is 0 Å². The summed E-state index contributed by atoms with van der Waals surface area (Å²) in [4.78, 5) is 0. The van der Waals surface area contributed by atoms with Gasteiger partial charge in [-0.05, 0) is 52.8 Å². The first kappa shape index (κ1) is 21.5. The number of benzene rings is 3. The van der Waals surface area contributed by atoms with Crippen LogP contribution in [0.1, 0.15) is 57.2 Å². The molecule has 0 atom stereocenters. The summed E-state index contributed by atoms with van der Waals surface area (Å²) in [6, 6.07) is 29.8. The van der Waals surface area contributed by atoms with Crippen molar-refractivity contribution in [3.8, 4) is 5.75 Å². The summed E-state index contributed by atoms with van der Waals surface area (Å²) in [5, 5.41) is 0. The molecule has 0 bridgehead atoms. The summed E-state index contributed by atoms with van der Waals surface area (Å²) in [7, 11) is 0. The van der Waals surface area contributed by atoms with Crippen LogP contribution in [0.3, 0.4) is 0 Å². The number of allylic oxidation sites excluding steroid dienone is 1. The second-order valence-electron chi connectivity index (χ2n) is 6.31. The normalized spacial score (nSPS) is 11.1. The summed E-state index contributed by atoms with van der Waals surface area (Å²) >= 11 is 0. The highest BCUT2D eigenvalue weighted by Gasteiger charge is 2.12. The molecule has 0 aromatic heterocycles. The van der Waals surface area contributed by atoms with E-state index in [1.165, 1.54) is 27.8 Å². The number of hydrogen-bond acceptors (Lipinski definition) is 1. The summed E-state index contributed by atoms with van der Waals surface area (Å²) in [5.74, 6) is 0.931. The third-order valence-corrected chi connectivity index (χ3v) is 4.46. The molecular formula is C27H32O. The van der Waals surface area contributed by atoms with Gasteiger partial charge < -0.3 is 4.74 Å². The topological polar surface area (TPSA) is 9.23 Å². The van der Waals surface area contributed by atoms with E-state index in [-0.39, 0.29) is 0 Å². The van der Waals surface area contributed by atoms with E-state index in [1.54, 1.807) is 0 Å². The molecule has 0 saturated heterocycles. The van der Waals surface area contributed by atoms with Crippen LogP contribution in [0, 0.1) is 0 Å². The van der Waals surface area contributed by atoms with E-state index in [0.29, 0.717) is 0 Å². The van der Waals surface area contributed by atoms with Gasteiger partial charge >= 0.3 is 0 Å². The van der Waals surface area contributed by atoms with Crippen LogP contribution in [0.4, 0.5) is 0 Å². The van der Waals surface area contributed by atoms with Crippen molar-refractivity contribution < 1.29 is 4.74 Å². The quantitative estimate of drug-likeness (QED) is 0.383. The Balaban J connectivity index is 0.00000136. The van der Waals surface area contributed by atoms with Crippen LogP contribution >= 0.6 is 0 Å². The van der Waals surface area contributed by atoms with E-state index in [9.17, 15) is 0 Å². The zero-order valence-corrected chi connectivity index (χ0v) is 17.6. The molecule has 0 spiro atoms. The lowest BCUT2D eigenvalue weighted by Crippen LogP contribution is -1.97. The van der Waals surface area contributed by atoms with Crippen LogP contribution in [0.15, 0.2) is 84.9 Å². The monoisotopic (exact) mass is 372 g/mol. The molecular weight excluding hydrogens is 340 g/mol. The Morgan fingerprint density at radius 2 is 1.14 bits per heavy atom. The molecule has 0 saturated carbocycles. The molecule has 0 amide bonds. The predicted octanol–water partition coefficient (Wildman–Crippen LogP) is 7.87. The Kier molecular flexibility index (Phi) is 9.07. The van der Waals surface area contributed by atoms with Crippen LogP contribution < -0.4 is 4.74 Å². The van der Waals surface area contributed by atoms with Gasteiger partial charge in [0.25, 0.3) is 0 Å². The highest BCUT2D eigenvalue weighted by molar-refractivity contribution is 5.98. The largest absolute Gasteiger partial charge is 0.494 e. The predicted molar refractivity (Wildman–Crippen MR) is 123 cm³/mol. The Labute approximate surface area is 170 Å². The average molecular weight is 373 g/mol. The fourth-order valence-electron chi connectivity index (χ4n) is 3.22. The molecule has 0 heterocycles. The van der Waals surface area contributed by atoms with Crippen molar-refractivity contribution in [2.24, 2.45) is 0 Å². The first-order chi connectivity index (χ1) is 13.8. The highest BCUT2D eigenvalue weighted by Crippen LogP contribution is 2.34. The van der Waals surface area contributed by atoms with Crippen molar-refractivity contribution in [1.29, 1.82) is 0 Å². The third kappa shape index (κ3) is 5.60. The fraction of sp³-hybridized carbons (Fsp3) is 0.259. The Morgan fingerprint density at radius 1 is 0.643 bits per heavy atom. The maximum absolute atomic E-state index is 5.75. The van der Waals surface area contributed by atoms with Crippen LogP contribution in [0.25, 0.3) is 11.1 Å². The molecule has 0 N–H and O–H groups in total. The van der Waals surface area contributed by atoms with E-state index in [2.05, 4.69) is 98.8 Å². The highest BCUT2D eigenvalue weighted by atomic mass is 16.5. The number of rotatable bonds is 7. The summed E-state index contributed by atoms with van der Waals surface area (Å²) in [6.45, 7) is 9.10. The first-order valence-corrected chi connectivity index (χ1v) is 10.4. The van der Waals surface area contributed by atoms with Crippen LogP contribution in [0.2, 0.25) is 0 Å². The first-order valence-electron chi connectivity index (χ1n) is 10.4. The van der Waals surface area contributed by atoms with E-state index in [1.807, 2.05) is 13.8 Å². The molecule has 1 nitrogen and oxygen atoms in total. The molecule has 146 valence electrons. The maximum Gasteiger partial charge on any atom is 0.119 e. The summed E-state index contributed by atoms with van der Waals surface area (Å²) in [6.07, 6.45) is 1.99. The molecule has 0 aliphatic heterocycles. The molecule has 3 aromatic carbocycles. The fourth-order valence-corrected chi connectivity index (χ4v) is 3.22. The average Bonchev–Trinajstić information content (AvgIpc) is 2.79. The van der Waals surface area contributed by atoms with Crippen LogP contribution in [0.5, 0.6) is 5.75 Å². The second-order valence-corrected chi connectivity index (χ2v) is 6.31. The number of ether oxygens (including phenoxy) is 1.